The van der Waals surface area contributed by atoms with E-state index in [-0.39, 0.29) is 23.5 Å². The van der Waals surface area contributed by atoms with Gasteiger partial charge in [0.1, 0.15) is 5.82 Å². The van der Waals surface area contributed by atoms with Gasteiger partial charge in [-0.2, -0.15) is 0 Å². The van der Waals surface area contributed by atoms with Gasteiger partial charge in [-0.15, -0.1) is 0 Å². The van der Waals surface area contributed by atoms with Crippen molar-refractivity contribution in [3.8, 4) is 0 Å². The van der Waals surface area contributed by atoms with Crippen LogP contribution in [-0.2, 0) is 5.41 Å². The molecule has 2 atom stereocenters. The maximum absolute atomic E-state index is 11.8. The summed E-state index contributed by atoms with van der Waals surface area (Å²) in [5.74, 6) is 0.901. The van der Waals surface area contributed by atoms with Gasteiger partial charge in [-0.1, -0.05) is 27.2 Å². The van der Waals surface area contributed by atoms with Crippen molar-refractivity contribution < 1.29 is 9.90 Å². The van der Waals surface area contributed by atoms with E-state index < -0.39 is 0 Å². The molecule has 0 radical (unpaired) electrons. The number of nitrogens with one attached hydrogen (secondary N) is 2. The third-order valence-electron chi connectivity index (χ3n) is 3.72. The van der Waals surface area contributed by atoms with Gasteiger partial charge < -0.3 is 15.7 Å². The first-order valence-corrected chi connectivity index (χ1v) is 7.41. The van der Waals surface area contributed by atoms with Gasteiger partial charge in [0.2, 0.25) is 0 Å². The standard InChI is InChI=1S/C15H24N4O2/c1-15(2,3)13-16-8-11(9-17-13)19-14(21)18-7-10-5-4-6-12(10)20/h8-10,12,20H,4-7H2,1-3H3,(H2,18,19,21)/t10-,12+/m1/s1. The van der Waals surface area contributed by atoms with Crippen molar-refractivity contribution in [2.75, 3.05) is 11.9 Å². The highest BCUT2D eigenvalue weighted by molar-refractivity contribution is 5.88. The lowest BCUT2D eigenvalue weighted by molar-refractivity contribution is 0.133. The van der Waals surface area contributed by atoms with Crippen LogP contribution in [0.15, 0.2) is 12.4 Å². The van der Waals surface area contributed by atoms with Gasteiger partial charge in [-0.05, 0) is 12.8 Å². The number of hydrogen-bond acceptors (Lipinski definition) is 4. The number of aromatic nitrogens is 2. The number of aliphatic hydroxyl groups excluding tert-OH is 1. The van der Waals surface area contributed by atoms with E-state index >= 15 is 0 Å². The molecule has 6 nitrogen and oxygen atoms in total. The van der Waals surface area contributed by atoms with Crippen LogP contribution in [0.1, 0.15) is 45.9 Å². The highest BCUT2D eigenvalue weighted by Gasteiger charge is 2.25. The first-order chi connectivity index (χ1) is 9.86. The van der Waals surface area contributed by atoms with Crippen molar-refractivity contribution >= 4 is 11.7 Å². The largest absolute Gasteiger partial charge is 0.393 e. The second kappa shape index (κ2) is 6.39. The van der Waals surface area contributed by atoms with E-state index in [9.17, 15) is 9.90 Å². The monoisotopic (exact) mass is 292 g/mol. The number of carbonyl (C=O) groups excluding carboxylic acids is 1. The van der Waals surface area contributed by atoms with Crippen molar-refractivity contribution in [3.63, 3.8) is 0 Å². The summed E-state index contributed by atoms with van der Waals surface area (Å²) < 4.78 is 0. The molecular formula is C15H24N4O2. The van der Waals surface area contributed by atoms with Crippen LogP contribution < -0.4 is 10.6 Å². The summed E-state index contributed by atoms with van der Waals surface area (Å²) in [4.78, 5) is 20.3. The van der Waals surface area contributed by atoms with Gasteiger partial charge in [-0.25, -0.2) is 14.8 Å². The Morgan fingerprint density at radius 1 is 1.33 bits per heavy atom. The van der Waals surface area contributed by atoms with Crippen molar-refractivity contribution in [2.24, 2.45) is 5.92 Å². The number of amides is 2. The first kappa shape index (κ1) is 15.7. The molecule has 2 rings (SSSR count). The Bertz CT molecular complexity index is 481. The number of rotatable bonds is 3. The third-order valence-corrected chi connectivity index (χ3v) is 3.72. The van der Waals surface area contributed by atoms with Crippen LogP contribution in [0.5, 0.6) is 0 Å². The van der Waals surface area contributed by atoms with E-state index in [1.165, 1.54) is 0 Å². The Morgan fingerprint density at radius 3 is 2.52 bits per heavy atom. The summed E-state index contributed by atoms with van der Waals surface area (Å²) >= 11 is 0. The lowest BCUT2D eigenvalue weighted by Gasteiger charge is -2.17. The zero-order valence-corrected chi connectivity index (χ0v) is 12.9. The van der Waals surface area contributed by atoms with Gasteiger partial charge in [0, 0.05) is 17.9 Å². The molecule has 2 amide bonds. The fourth-order valence-corrected chi connectivity index (χ4v) is 2.43. The average Bonchev–Trinajstić information content (AvgIpc) is 2.81. The molecule has 3 N–H and O–H groups in total. The second-order valence-electron chi connectivity index (χ2n) is 6.64. The summed E-state index contributed by atoms with van der Waals surface area (Å²) in [5, 5.41) is 15.2. The maximum Gasteiger partial charge on any atom is 0.319 e. The minimum absolute atomic E-state index is 0.112. The number of anilines is 1. The molecular weight excluding hydrogens is 268 g/mol. The summed E-state index contributed by atoms with van der Waals surface area (Å²) in [6.45, 7) is 6.60. The van der Waals surface area contributed by atoms with Crippen LogP contribution in [0.4, 0.5) is 10.5 Å². The van der Waals surface area contributed by atoms with Crippen LogP contribution in [0, 0.1) is 5.92 Å². The van der Waals surface area contributed by atoms with E-state index in [1.54, 1.807) is 12.4 Å². The lowest BCUT2D eigenvalue weighted by Crippen LogP contribution is -2.35. The van der Waals surface area contributed by atoms with E-state index in [0.29, 0.717) is 12.2 Å². The fraction of sp³-hybridized carbons (Fsp3) is 0.667. The summed E-state index contributed by atoms with van der Waals surface area (Å²) in [6, 6.07) is -0.291. The highest BCUT2D eigenvalue weighted by Crippen LogP contribution is 2.24. The molecule has 1 saturated carbocycles. The Morgan fingerprint density at radius 2 is 2.00 bits per heavy atom. The molecule has 116 valence electrons. The number of carbonyl (C=O) groups is 1. The summed E-state index contributed by atoms with van der Waals surface area (Å²) in [6.07, 6.45) is 5.74. The molecule has 6 heteroatoms. The lowest BCUT2D eigenvalue weighted by atomic mass is 9.96. The fourth-order valence-electron chi connectivity index (χ4n) is 2.43. The molecule has 0 saturated heterocycles. The molecule has 0 bridgehead atoms. The van der Waals surface area contributed by atoms with Gasteiger partial charge in [0.05, 0.1) is 24.2 Å². The Labute approximate surface area is 125 Å². The second-order valence-corrected chi connectivity index (χ2v) is 6.64. The molecule has 1 aromatic rings. The van der Waals surface area contributed by atoms with Crippen LogP contribution in [0.3, 0.4) is 0 Å². The minimum Gasteiger partial charge on any atom is -0.393 e. The van der Waals surface area contributed by atoms with Gasteiger partial charge >= 0.3 is 6.03 Å². The van der Waals surface area contributed by atoms with Crippen molar-refractivity contribution in [1.29, 1.82) is 0 Å². The minimum atomic E-state index is -0.292. The van der Waals surface area contributed by atoms with Crippen molar-refractivity contribution in [1.82, 2.24) is 15.3 Å². The summed E-state index contributed by atoms with van der Waals surface area (Å²) in [5.41, 5.74) is 0.451. The van der Waals surface area contributed by atoms with Crippen LogP contribution in [0.2, 0.25) is 0 Å². The Kier molecular flexibility index (Phi) is 4.77. The molecule has 21 heavy (non-hydrogen) atoms. The molecule has 0 unspecified atom stereocenters. The van der Waals surface area contributed by atoms with E-state index in [4.69, 9.17) is 0 Å². The zero-order chi connectivity index (χ0) is 15.5. The smallest absolute Gasteiger partial charge is 0.319 e. The van der Waals surface area contributed by atoms with Gasteiger partial charge in [-0.3, -0.25) is 0 Å². The molecule has 0 spiro atoms. The predicted molar refractivity (Wildman–Crippen MR) is 81.1 cm³/mol. The van der Waals surface area contributed by atoms with Crippen LogP contribution >= 0.6 is 0 Å². The van der Waals surface area contributed by atoms with E-state index in [0.717, 1.165) is 25.1 Å². The highest BCUT2D eigenvalue weighted by atomic mass is 16.3. The van der Waals surface area contributed by atoms with E-state index in [2.05, 4.69) is 20.6 Å². The number of nitrogens with zero attached hydrogens (tertiary/aromatic N) is 2. The van der Waals surface area contributed by atoms with Gasteiger partial charge in [0.25, 0.3) is 0 Å². The SMILES string of the molecule is CC(C)(C)c1ncc(NC(=O)NC[C@H]2CCC[C@@H]2O)cn1. The Hall–Kier alpha value is -1.69. The van der Waals surface area contributed by atoms with Crippen LogP contribution in [-0.4, -0.2) is 33.8 Å². The predicted octanol–water partition coefficient (Wildman–Crippen LogP) is 2.06. The molecule has 0 aromatic carbocycles. The van der Waals surface area contributed by atoms with Crippen molar-refractivity contribution in [2.45, 2.75) is 51.6 Å². The Balaban J connectivity index is 1.82. The first-order valence-electron chi connectivity index (χ1n) is 7.41. The summed E-state index contributed by atoms with van der Waals surface area (Å²) in [7, 11) is 0. The molecule has 1 aliphatic carbocycles. The van der Waals surface area contributed by atoms with E-state index in [1.807, 2.05) is 20.8 Å². The number of aliphatic hydroxyl groups is 1. The van der Waals surface area contributed by atoms with Crippen LogP contribution in [0.25, 0.3) is 0 Å². The molecule has 1 aromatic heterocycles. The molecule has 1 aliphatic rings. The maximum atomic E-state index is 11.8. The third kappa shape index (κ3) is 4.39. The normalized spacial score (nSPS) is 22.1. The number of hydrogen-bond donors (Lipinski definition) is 3. The number of urea groups is 1. The van der Waals surface area contributed by atoms with Gasteiger partial charge in [0.15, 0.2) is 0 Å². The van der Waals surface area contributed by atoms with Crippen molar-refractivity contribution in [3.05, 3.63) is 18.2 Å². The molecule has 1 fully saturated rings. The molecule has 0 aliphatic heterocycles. The topological polar surface area (TPSA) is 87.1 Å². The average molecular weight is 292 g/mol. The zero-order valence-electron chi connectivity index (χ0n) is 12.9. The molecule has 1 heterocycles. The quantitative estimate of drug-likeness (QED) is 0.795.